The standard InChI is InChI=1S/C10H13N3O/c1-11-6-9-7-4-2-3-5-8(7)12-10(14)13-9/h2-5,9,11H,6H2,1H3,(H2,12,13,14). The molecule has 3 N–H and O–H groups in total. The minimum absolute atomic E-state index is 0.0601. The molecular formula is C10H13N3O. The van der Waals surface area contributed by atoms with Crippen LogP contribution in [-0.4, -0.2) is 19.6 Å². The average Bonchev–Trinajstić information content (AvgIpc) is 2.18. The van der Waals surface area contributed by atoms with Gasteiger partial charge in [0.15, 0.2) is 0 Å². The van der Waals surface area contributed by atoms with Crippen molar-refractivity contribution >= 4 is 11.7 Å². The number of rotatable bonds is 2. The fourth-order valence-electron chi connectivity index (χ4n) is 1.67. The maximum atomic E-state index is 11.3. The third-order valence-corrected chi connectivity index (χ3v) is 2.30. The molecule has 2 rings (SSSR count). The van der Waals surface area contributed by atoms with E-state index in [0.717, 1.165) is 17.8 Å². The van der Waals surface area contributed by atoms with Crippen molar-refractivity contribution in [2.75, 3.05) is 18.9 Å². The number of benzene rings is 1. The number of fused-ring (bicyclic) bond motifs is 1. The number of para-hydroxylation sites is 1. The van der Waals surface area contributed by atoms with E-state index < -0.39 is 0 Å². The number of anilines is 1. The van der Waals surface area contributed by atoms with Crippen molar-refractivity contribution in [2.24, 2.45) is 0 Å². The van der Waals surface area contributed by atoms with Gasteiger partial charge in [-0.25, -0.2) is 4.79 Å². The van der Waals surface area contributed by atoms with Crippen LogP contribution in [0.1, 0.15) is 11.6 Å². The number of amides is 2. The van der Waals surface area contributed by atoms with Gasteiger partial charge in [0.1, 0.15) is 0 Å². The van der Waals surface area contributed by atoms with Crippen LogP contribution in [0, 0.1) is 0 Å². The molecule has 4 heteroatoms. The monoisotopic (exact) mass is 191 g/mol. The van der Waals surface area contributed by atoms with Crippen molar-refractivity contribution in [3.63, 3.8) is 0 Å². The van der Waals surface area contributed by atoms with Gasteiger partial charge in [-0.15, -0.1) is 0 Å². The van der Waals surface area contributed by atoms with E-state index in [0.29, 0.717) is 0 Å². The van der Waals surface area contributed by atoms with E-state index in [1.807, 2.05) is 31.3 Å². The number of carbonyl (C=O) groups is 1. The van der Waals surface area contributed by atoms with E-state index in [4.69, 9.17) is 0 Å². The quantitative estimate of drug-likeness (QED) is 0.655. The molecule has 0 saturated heterocycles. The third kappa shape index (κ3) is 1.56. The summed E-state index contributed by atoms with van der Waals surface area (Å²) in [4.78, 5) is 11.3. The van der Waals surface area contributed by atoms with Gasteiger partial charge >= 0.3 is 6.03 Å². The minimum Gasteiger partial charge on any atom is -0.330 e. The molecule has 0 fully saturated rings. The summed E-state index contributed by atoms with van der Waals surface area (Å²) in [7, 11) is 1.87. The first-order valence-corrected chi connectivity index (χ1v) is 4.62. The first-order valence-electron chi connectivity index (χ1n) is 4.62. The van der Waals surface area contributed by atoms with Crippen LogP contribution in [0.2, 0.25) is 0 Å². The van der Waals surface area contributed by atoms with Crippen LogP contribution < -0.4 is 16.0 Å². The molecule has 14 heavy (non-hydrogen) atoms. The van der Waals surface area contributed by atoms with Crippen LogP contribution in [0.25, 0.3) is 0 Å². The van der Waals surface area contributed by atoms with Gasteiger partial charge < -0.3 is 16.0 Å². The van der Waals surface area contributed by atoms with Gasteiger partial charge in [0.05, 0.1) is 6.04 Å². The van der Waals surface area contributed by atoms with E-state index in [-0.39, 0.29) is 12.1 Å². The molecule has 1 atom stereocenters. The molecule has 0 bridgehead atoms. The van der Waals surface area contributed by atoms with Crippen molar-refractivity contribution < 1.29 is 4.79 Å². The first kappa shape index (κ1) is 9.02. The highest BCUT2D eigenvalue weighted by Crippen LogP contribution is 2.25. The normalized spacial score (nSPS) is 19.5. The number of hydrogen-bond acceptors (Lipinski definition) is 2. The molecule has 0 saturated carbocycles. The van der Waals surface area contributed by atoms with Crippen molar-refractivity contribution in [2.45, 2.75) is 6.04 Å². The van der Waals surface area contributed by atoms with E-state index in [2.05, 4.69) is 16.0 Å². The Bertz CT molecular complexity index is 351. The molecule has 0 aromatic heterocycles. The Labute approximate surface area is 82.7 Å². The minimum atomic E-state index is -0.135. The highest BCUT2D eigenvalue weighted by atomic mass is 16.2. The predicted molar refractivity (Wildman–Crippen MR) is 55.3 cm³/mol. The van der Waals surface area contributed by atoms with Gasteiger partial charge in [0, 0.05) is 12.2 Å². The van der Waals surface area contributed by atoms with Crippen molar-refractivity contribution in [3.8, 4) is 0 Å². The summed E-state index contributed by atoms with van der Waals surface area (Å²) in [5, 5.41) is 8.69. The van der Waals surface area contributed by atoms with Gasteiger partial charge in [-0.05, 0) is 18.7 Å². The lowest BCUT2D eigenvalue weighted by atomic mass is 10.0. The Morgan fingerprint density at radius 3 is 3.00 bits per heavy atom. The van der Waals surface area contributed by atoms with Gasteiger partial charge in [-0.1, -0.05) is 18.2 Å². The predicted octanol–water partition coefficient (Wildman–Crippen LogP) is 1.08. The molecule has 1 aromatic rings. The zero-order valence-corrected chi connectivity index (χ0v) is 8.00. The molecule has 1 heterocycles. The Kier molecular flexibility index (Phi) is 2.37. The largest absolute Gasteiger partial charge is 0.330 e. The topological polar surface area (TPSA) is 53.2 Å². The number of nitrogens with one attached hydrogen (secondary N) is 3. The van der Waals surface area contributed by atoms with E-state index >= 15 is 0 Å². The average molecular weight is 191 g/mol. The summed E-state index contributed by atoms with van der Waals surface area (Å²) in [6, 6.07) is 7.75. The molecule has 2 amide bonds. The molecular weight excluding hydrogens is 178 g/mol. The van der Waals surface area contributed by atoms with Crippen molar-refractivity contribution in [1.29, 1.82) is 0 Å². The van der Waals surface area contributed by atoms with Crippen molar-refractivity contribution in [1.82, 2.24) is 10.6 Å². The Balaban J connectivity index is 2.33. The second-order valence-electron chi connectivity index (χ2n) is 3.30. The Morgan fingerprint density at radius 1 is 1.43 bits per heavy atom. The maximum absolute atomic E-state index is 11.3. The molecule has 0 aliphatic carbocycles. The Morgan fingerprint density at radius 2 is 2.21 bits per heavy atom. The van der Waals surface area contributed by atoms with E-state index in [1.165, 1.54) is 0 Å². The smallest absolute Gasteiger partial charge is 0.319 e. The number of likely N-dealkylation sites (N-methyl/N-ethyl adjacent to an activating group) is 1. The summed E-state index contributed by atoms with van der Waals surface area (Å²) in [6.07, 6.45) is 0. The summed E-state index contributed by atoms with van der Waals surface area (Å²) < 4.78 is 0. The SMILES string of the molecule is CNCC1NC(=O)Nc2ccccc21. The molecule has 4 nitrogen and oxygen atoms in total. The van der Waals surface area contributed by atoms with E-state index in [9.17, 15) is 4.79 Å². The molecule has 0 radical (unpaired) electrons. The molecule has 1 aromatic carbocycles. The number of hydrogen-bond donors (Lipinski definition) is 3. The lowest BCUT2D eigenvalue weighted by Gasteiger charge is -2.26. The zero-order valence-electron chi connectivity index (χ0n) is 8.00. The maximum Gasteiger partial charge on any atom is 0.319 e. The lowest BCUT2D eigenvalue weighted by molar-refractivity contribution is 0.247. The molecule has 1 unspecified atom stereocenters. The van der Waals surface area contributed by atoms with Crippen molar-refractivity contribution in [3.05, 3.63) is 29.8 Å². The molecule has 0 spiro atoms. The van der Waals surface area contributed by atoms with Crippen LogP contribution in [-0.2, 0) is 0 Å². The van der Waals surface area contributed by atoms with Crippen LogP contribution in [0.15, 0.2) is 24.3 Å². The Hall–Kier alpha value is -1.55. The fraction of sp³-hybridized carbons (Fsp3) is 0.300. The van der Waals surface area contributed by atoms with Gasteiger partial charge in [0.25, 0.3) is 0 Å². The summed E-state index contributed by atoms with van der Waals surface area (Å²) in [5.41, 5.74) is 2.03. The number of urea groups is 1. The zero-order chi connectivity index (χ0) is 9.97. The van der Waals surface area contributed by atoms with Gasteiger partial charge in [-0.2, -0.15) is 0 Å². The third-order valence-electron chi connectivity index (χ3n) is 2.30. The molecule has 1 aliphatic heterocycles. The van der Waals surface area contributed by atoms with E-state index in [1.54, 1.807) is 0 Å². The highest BCUT2D eigenvalue weighted by molar-refractivity contribution is 5.92. The van der Waals surface area contributed by atoms with Gasteiger partial charge in [0.2, 0.25) is 0 Å². The highest BCUT2D eigenvalue weighted by Gasteiger charge is 2.22. The van der Waals surface area contributed by atoms with Gasteiger partial charge in [-0.3, -0.25) is 0 Å². The van der Waals surface area contributed by atoms with Crippen LogP contribution >= 0.6 is 0 Å². The molecule has 74 valence electrons. The summed E-state index contributed by atoms with van der Waals surface area (Å²) in [6.45, 7) is 0.741. The molecule has 1 aliphatic rings. The van der Waals surface area contributed by atoms with Crippen LogP contribution in [0.4, 0.5) is 10.5 Å². The van der Waals surface area contributed by atoms with Crippen LogP contribution in [0.5, 0.6) is 0 Å². The first-order chi connectivity index (χ1) is 6.81. The summed E-state index contributed by atoms with van der Waals surface area (Å²) in [5.74, 6) is 0. The summed E-state index contributed by atoms with van der Waals surface area (Å²) >= 11 is 0. The lowest BCUT2D eigenvalue weighted by Crippen LogP contribution is -2.41. The van der Waals surface area contributed by atoms with Crippen LogP contribution in [0.3, 0.4) is 0 Å². The number of carbonyl (C=O) groups excluding carboxylic acids is 1. The fourth-order valence-corrected chi connectivity index (χ4v) is 1.67. The second-order valence-corrected chi connectivity index (χ2v) is 3.30. The second kappa shape index (κ2) is 3.67.